The van der Waals surface area contributed by atoms with Gasteiger partial charge in [0.15, 0.2) is 19.7 Å². The van der Waals surface area contributed by atoms with Crippen LogP contribution in [0.5, 0.6) is 11.5 Å². The standard InChI is InChI=1S/C28H28F2N5O7P/c1-17(16-36)33-43(42-21-5-3-2-4-6-21)10-9-34-14-20(13-32-41)35-15-22(25(37)26(38)24(35)28(34)40)27(39)31-12-18-7-8-19(29)11-23(18)30/h2-8,11,15-17,20,33,38H,9-10,12-14H2,1H3,(H,31,39). The zero-order chi connectivity index (χ0) is 31.1. The van der Waals surface area contributed by atoms with Crippen LogP contribution in [0.3, 0.4) is 0 Å². The average molecular weight is 616 g/mol. The van der Waals surface area contributed by atoms with Crippen molar-refractivity contribution in [2.75, 3.05) is 25.8 Å². The molecule has 0 spiro atoms. The second-order valence-corrected chi connectivity index (χ2v) is 11.3. The predicted molar refractivity (Wildman–Crippen MR) is 153 cm³/mol. The predicted octanol–water partition coefficient (Wildman–Crippen LogP) is 3.09. The number of nitrogens with zero attached hydrogens (tertiary/aromatic N) is 3. The van der Waals surface area contributed by atoms with Crippen LogP contribution in [0.4, 0.5) is 8.78 Å². The van der Waals surface area contributed by atoms with Gasteiger partial charge >= 0.3 is 0 Å². The Labute approximate surface area is 245 Å². The number of para-hydroxylation sites is 1. The van der Waals surface area contributed by atoms with Gasteiger partial charge in [-0.05, 0) is 25.1 Å². The van der Waals surface area contributed by atoms with Gasteiger partial charge < -0.3 is 29.2 Å². The summed E-state index contributed by atoms with van der Waals surface area (Å²) in [5, 5.41) is 19.1. The number of halogens is 2. The van der Waals surface area contributed by atoms with Gasteiger partial charge in [-0.25, -0.2) is 8.78 Å². The lowest BCUT2D eigenvalue weighted by atomic mass is 10.1. The number of benzene rings is 2. The molecule has 2 heterocycles. The molecular formula is C28H28F2N5O7P. The van der Waals surface area contributed by atoms with E-state index in [0.717, 1.165) is 18.3 Å². The van der Waals surface area contributed by atoms with Crippen molar-refractivity contribution in [1.29, 1.82) is 0 Å². The molecule has 3 aromatic rings. The maximum atomic E-state index is 14.0. The van der Waals surface area contributed by atoms with Crippen LogP contribution in [0.25, 0.3) is 0 Å². The summed E-state index contributed by atoms with van der Waals surface area (Å²) in [7, 11) is -1.46. The van der Waals surface area contributed by atoms with Gasteiger partial charge in [-0.2, -0.15) is 4.91 Å². The summed E-state index contributed by atoms with van der Waals surface area (Å²) in [4.78, 5) is 63.2. The van der Waals surface area contributed by atoms with Gasteiger partial charge in [0.1, 0.15) is 35.8 Å². The molecule has 0 saturated carbocycles. The van der Waals surface area contributed by atoms with Crippen LogP contribution in [-0.2, 0) is 11.3 Å². The van der Waals surface area contributed by atoms with E-state index in [1.54, 1.807) is 31.2 Å². The molecule has 226 valence electrons. The van der Waals surface area contributed by atoms with Crippen LogP contribution in [-0.4, -0.2) is 64.5 Å². The monoisotopic (exact) mass is 615 g/mol. The van der Waals surface area contributed by atoms with Crippen LogP contribution < -0.4 is 20.4 Å². The number of carbonyl (C=O) groups is 3. The normalized spacial score (nSPS) is 15.7. The number of hydrogen-bond donors (Lipinski definition) is 3. The lowest BCUT2D eigenvalue weighted by Gasteiger charge is -2.36. The number of rotatable bonds is 13. The fourth-order valence-corrected chi connectivity index (χ4v) is 6.02. The van der Waals surface area contributed by atoms with Crippen LogP contribution in [0.15, 0.2) is 64.7 Å². The number of hydrogen-bond acceptors (Lipinski definition) is 9. The van der Waals surface area contributed by atoms with Gasteiger partial charge in [-0.15, -0.1) is 0 Å². The molecule has 3 N–H and O–H groups in total. The first-order valence-electron chi connectivity index (χ1n) is 13.1. The first kappa shape index (κ1) is 31.4. The Hall–Kier alpha value is -4.55. The van der Waals surface area contributed by atoms with Crippen LogP contribution in [0.2, 0.25) is 0 Å². The third kappa shape index (κ3) is 7.46. The first-order valence-corrected chi connectivity index (χ1v) is 14.6. The lowest BCUT2D eigenvalue weighted by molar-refractivity contribution is -0.108. The van der Waals surface area contributed by atoms with E-state index in [0.29, 0.717) is 18.1 Å². The molecule has 0 saturated heterocycles. The van der Waals surface area contributed by atoms with Crippen molar-refractivity contribution in [3.8, 4) is 11.5 Å². The van der Waals surface area contributed by atoms with Crippen molar-refractivity contribution < 1.29 is 32.8 Å². The fraction of sp³-hybridized carbons (Fsp3) is 0.286. The van der Waals surface area contributed by atoms with E-state index in [1.807, 2.05) is 6.07 Å². The quantitative estimate of drug-likeness (QED) is 0.150. The fourth-order valence-electron chi connectivity index (χ4n) is 4.43. The molecule has 12 nitrogen and oxygen atoms in total. The maximum Gasteiger partial charge on any atom is 0.274 e. The van der Waals surface area contributed by atoms with Crippen molar-refractivity contribution in [3.63, 3.8) is 0 Å². The third-order valence-corrected chi connectivity index (χ3v) is 8.33. The molecule has 2 amide bonds. The van der Waals surface area contributed by atoms with Gasteiger partial charge in [0.2, 0.25) is 5.43 Å². The highest BCUT2D eigenvalue weighted by atomic mass is 31.2. The minimum absolute atomic E-state index is 0.0422. The highest BCUT2D eigenvalue weighted by molar-refractivity contribution is 7.50. The van der Waals surface area contributed by atoms with Gasteiger partial charge in [0.05, 0.1) is 12.1 Å². The molecule has 0 radical (unpaired) electrons. The molecule has 3 unspecified atom stereocenters. The molecule has 0 aliphatic carbocycles. The van der Waals surface area contributed by atoms with Crippen molar-refractivity contribution in [2.45, 2.75) is 25.6 Å². The second kappa shape index (κ2) is 14.1. The van der Waals surface area contributed by atoms with Gasteiger partial charge in [-0.1, -0.05) is 29.4 Å². The third-order valence-electron chi connectivity index (χ3n) is 6.59. The molecule has 43 heavy (non-hydrogen) atoms. The number of carbonyl (C=O) groups excluding carboxylic acids is 3. The van der Waals surface area contributed by atoms with Crippen LogP contribution >= 0.6 is 8.30 Å². The average Bonchev–Trinajstić information content (AvgIpc) is 2.99. The number of nitrogens with one attached hydrogen (secondary N) is 2. The highest BCUT2D eigenvalue weighted by Gasteiger charge is 2.36. The zero-order valence-corrected chi connectivity index (χ0v) is 23.8. The molecule has 1 aliphatic rings. The molecule has 0 bridgehead atoms. The molecule has 1 aliphatic heterocycles. The molecule has 0 fully saturated rings. The summed E-state index contributed by atoms with van der Waals surface area (Å²) in [6, 6.07) is 10.3. The van der Waals surface area contributed by atoms with Crippen molar-refractivity contribution >= 4 is 26.4 Å². The summed E-state index contributed by atoms with van der Waals surface area (Å²) < 4.78 is 34.3. The Kier molecular flexibility index (Phi) is 10.3. The molecule has 3 atom stereocenters. The molecule has 1 aromatic heterocycles. The van der Waals surface area contributed by atoms with E-state index in [9.17, 15) is 38.0 Å². The van der Waals surface area contributed by atoms with E-state index in [2.05, 4.69) is 15.6 Å². The summed E-state index contributed by atoms with van der Waals surface area (Å²) in [6.45, 7) is 0.948. The van der Waals surface area contributed by atoms with Gasteiger partial charge in [0.25, 0.3) is 11.8 Å². The topological polar surface area (TPSA) is 159 Å². The first-order chi connectivity index (χ1) is 20.6. The summed E-state index contributed by atoms with van der Waals surface area (Å²) in [5.74, 6) is -3.86. The van der Waals surface area contributed by atoms with Crippen molar-refractivity contribution in [2.24, 2.45) is 5.18 Å². The highest BCUT2D eigenvalue weighted by Crippen LogP contribution is 2.35. The Morgan fingerprint density at radius 1 is 1.23 bits per heavy atom. The largest absolute Gasteiger partial charge is 0.503 e. The van der Waals surface area contributed by atoms with E-state index in [-0.39, 0.29) is 37.9 Å². The number of fused-ring (bicyclic) bond motifs is 1. The van der Waals surface area contributed by atoms with Crippen molar-refractivity contribution in [1.82, 2.24) is 19.9 Å². The number of nitroso groups, excluding NO2 is 1. The SMILES string of the molecule is CC(C=O)NP(CCN1CC(CN=O)n2cc(C(=O)NCc3ccc(F)cc3F)c(=O)c(O)c2C1=O)Oc1ccccc1. The van der Waals surface area contributed by atoms with Gasteiger partial charge in [0, 0.05) is 43.6 Å². The van der Waals surface area contributed by atoms with E-state index in [1.165, 1.54) is 9.47 Å². The lowest BCUT2D eigenvalue weighted by Crippen LogP contribution is -2.47. The number of amides is 2. The Balaban J connectivity index is 1.56. The Morgan fingerprint density at radius 2 is 1.98 bits per heavy atom. The smallest absolute Gasteiger partial charge is 0.274 e. The minimum Gasteiger partial charge on any atom is -0.503 e. The molecular weight excluding hydrogens is 587 g/mol. The molecule has 2 aromatic carbocycles. The van der Waals surface area contributed by atoms with Gasteiger partial charge in [-0.3, -0.25) is 19.5 Å². The zero-order valence-electron chi connectivity index (χ0n) is 22.9. The number of aromatic hydroxyl groups is 1. The molecule has 15 heteroatoms. The molecule has 4 rings (SSSR count). The number of aromatic nitrogens is 1. The maximum absolute atomic E-state index is 14.0. The summed E-state index contributed by atoms with van der Waals surface area (Å²) in [5.41, 5.74) is -2.16. The van der Waals surface area contributed by atoms with E-state index < -0.39 is 66.3 Å². The second-order valence-electron chi connectivity index (χ2n) is 9.67. The Bertz CT molecular complexity index is 1570. The van der Waals surface area contributed by atoms with E-state index >= 15 is 0 Å². The number of aldehydes is 1. The van der Waals surface area contributed by atoms with Crippen molar-refractivity contribution in [3.05, 3.63) is 98.3 Å². The van der Waals surface area contributed by atoms with Crippen LogP contribution in [0, 0.1) is 16.5 Å². The summed E-state index contributed by atoms with van der Waals surface area (Å²) >= 11 is 0. The number of pyridine rings is 1. The Morgan fingerprint density at radius 3 is 2.65 bits per heavy atom. The minimum atomic E-state index is -1.46. The summed E-state index contributed by atoms with van der Waals surface area (Å²) in [6.07, 6.45) is 2.02. The van der Waals surface area contributed by atoms with E-state index in [4.69, 9.17) is 4.52 Å². The van der Waals surface area contributed by atoms with Crippen LogP contribution in [0.1, 0.15) is 39.4 Å².